The lowest BCUT2D eigenvalue weighted by Crippen LogP contribution is -2.00. The van der Waals surface area contributed by atoms with Crippen molar-refractivity contribution < 1.29 is 4.39 Å². The van der Waals surface area contributed by atoms with Gasteiger partial charge in [-0.25, -0.2) is 4.39 Å². The molecule has 0 bridgehead atoms. The largest absolute Gasteiger partial charge is 0.267 e. The molecule has 0 N–H and O–H groups in total. The van der Waals surface area contributed by atoms with E-state index in [4.69, 9.17) is 11.6 Å². The Labute approximate surface area is 106 Å². The van der Waals surface area contributed by atoms with E-state index in [-0.39, 0.29) is 5.82 Å². The third-order valence-corrected chi connectivity index (χ3v) is 2.98. The second kappa shape index (κ2) is 4.55. The van der Waals surface area contributed by atoms with Crippen molar-refractivity contribution in [1.82, 2.24) is 9.78 Å². The molecule has 0 aliphatic heterocycles. The normalized spacial score (nSPS) is 10.8. The number of hydrogen-bond acceptors (Lipinski definition) is 1. The van der Waals surface area contributed by atoms with Crippen LogP contribution >= 0.6 is 27.5 Å². The lowest BCUT2D eigenvalue weighted by Gasteiger charge is -2.03. The molecular formula is C11H9BrClFN2. The molecule has 2 aromatic rings. The maximum Gasteiger partial charge on any atom is 0.124 e. The average Bonchev–Trinajstić information content (AvgIpc) is 2.43. The number of halogens is 3. The minimum Gasteiger partial charge on any atom is -0.267 e. The van der Waals surface area contributed by atoms with Crippen LogP contribution in [0.3, 0.4) is 0 Å². The van der Waals surface area contributed by atoms with Gasteiger partial charge in [0.2, 0.25) is 0 Å². The first kappa shape index (κ1) is 11.6. The van der Waals surface area contributed by atoms with Crippen LogP contribution in [0.2, 0.25) is 5.02 Å². The van der Waals surface area contributed by atoms with Crippen molar-refractivity contribution in [1.29, 1.82) is 0 Å². The van der Waals surface area contributed by atoms with Gasteiger partial charge in [0, 0.05) is 10.7 Å². The topological polar surface area (TPSA) is 17.8 Å². The number of benzene rings is 1. The van der Waals surface area contributed by atoms with Crippen molar-refractivity contribution in [2.45, 2.75) is 13.5 Å². The first-order valence-electron chi connectivity index (χ1n) is 4.69. The molecule has 0 spiro atoms. The molecule has 2 rings (SSSR count). The van der Waals surface area contributed by atoms with Gasteiger partial charge < -0.3 is 0 Å². The molecule has 0 saturated heterocycles. The molecule has 16 heavy (non-hydrogen) atoms. The van der Waals surface area contributed by atoms with Gasteiger partial charge in [-0.2, -0.15) is 5.10 Å². The van der Waals surface area contributed by atoms with E-state index in [1.54, 1.807) is 10.9 Å². The standard InChI is InChI=1S/C11H9BrClFN2/c1-7-11(13)6-16(15-7)5-8-2-9(12)4-10(14)3-8/h2-4,6H,5H2,1H3. The Hall–Kier alpha value is -0.870. The van der Waals surface area contributed by atoms with Gasteiger partial charge in [0.1, 0.15) is 5.82 Å². The highest BCUT2D eigenvalue weighted by atomic mass is 79.9. The molecule has 1 heterocycles. The van der Waals surface area contributed by atoms with Crippen LogP contribution in [0.15, 0.2) is 28.9 Å². The quantitative estimate of drug-likeness (QED) is 0.825. The molecule has 2 nitrogen and oxygen atoms in total. The van der Waals surface area contributed by atoms with Crippen LogP contribution in [-0.4, -0.2) is 9.78 Å². The van der Waals surface area contributed by atoms with Gasteiger partial charge in [0.05, 0.1) is 17.3 Å². The fraction of sp³-hybridized carbons (Fsp3) is 0.182. The SMILES string of the molecule is Cc1nn(Cc2cc(F)cc(Br)c2)cc1Cl. The highest BCUT2D eigenvalue weighted by Crippen LogP contribution is 2.17. The van der Waals surface area contributed by atoms with Gasteiger partial charge in [-0.15, -0.1) is 0 Å². The lowest BCUT2D eigenvalue weighted by molar-refractivity contribution is 0.617. The van der Waals surface area contributed by atoms with Crippen LogP contribution in [-0.2, 0) is 6.54 Å². The van der Waals surface area contributed by atoms with E-state index in [0.717, 1.165) is 15.7 Å². The molecule has 5 heteroatoms. The van der Waals surface area contributed by atoms with E-state index in [1.807, 2.05) is 13.0 Å². The average molecular weight is 304 g/mol. The molecule has 0 aliphatic carbocycles. The Morgan fingerprint density at radius 3 is 2.75 bits per heavy atom. The second-order valence-electron chi connectivity index (χ2n) is 3.54. The fourth-order valence-corrected chi connectivity index (χ4v) is 2.13. The molecule has 0 radical (unpaired) electrons. The Kier molecular flexibility index (Phi) is 3.30. The first-order chi connectivity index (χ1) is 7.54. The summed E-state index contributed by atoms with van der Waals surface area (Å²) >= 11 is 9.14. The van der Waals surface area contributed by atoms with E-state index in [0.29, 0.717) is 11.6 Å². The maximum atomic E-state index is 13.1. The van der Waals surface area contributed by atoms with Crippen LogP contribution in [0.25, 0.3) is 0 Å². The first-order valence-corrected chi connectivity index (χ1v) is 5.86. The van der Waals surface area contributed by atoms with Crippen LogP contribution < -0.4 is 0 Å². The Balaban J connectivity index is 2.26. The zero-order valence-electron chi connectivity index (χ0n) is 8.54. The summed E-state index contributed by atoms with van der Waals surface area (Å²) in [6.45, 7) is 2.34. The van der Waals surface area contributed by atoms with Gasteiger partial charge >= 0.3 is 0 Å². The zero-order chi connectivity index (χ0) is 11.7. The predicted molar refractivity (Wildman–Crippen MR) is 65.2 cm³/mol. The second-order valence-corrected chi connectivity index (χ2v) is 4.86. The van der Waals surface area contributed by atoms with Crippen LogP contribution in [0.5, 0.6) is 0 Å². The van der Waals surface area contributed by atoms with Gasteiger partial charge in [0.15, 0.2) is 0 Å². The molecule has 0 saturated carbocycles. The monoisotopic (exact) mass is 302 g/mol. The van der Waals surface area contributed by atoms with Crippen molar-refractivity contribution >= 4 is 27.5 Å². The van der Waals surface area contributed by atoms with E-state index in [1.165, 1.54) is 12.1 Å². The van der Waals surface area contributed by atoms with E-state index >= 15 is 0 Å². The molecular weight excluding hydrogens is 294 g/mol. The van der Waals surface area contributed by atoms with Gasteiger partial charge in [0.25, 0.3) is 0 Å². The molecule has 0 atom stereocenters. The summed E-state index contributed by atoms with van der Waals surface area (Å²) in [5.41, 5.74) is 1.61. The third-order valence-electron chi connectivity index (χ3n) is 2.15. The minimum absolute atomic E-state index is 0.264. The molecule has 0 aliphatic rings. The number of aromatic nitrogens is 2. The minimum atomic E-state index is -0.264. The van der Waals surface area contributed by atoms with Gasteiger partial charge in [-0.1, -0.05) is 27.5 Å². The smallest absolute Gasteiger partial charge is 0.124 e. The van der Waals surface area contributed by atoms with Crippen LogP contribution in [0.4, 0.5) is 4.39 Å². The van der Waals surface area contributed by atoms with Crippen molar-refractivity contribution in [2.24, 2.45) is 0 Å². The molecule has 0 unspecified atom stereocenters. The van der Waals surface area contributed by atoms with Crippen molar-refractivity contribution in [3.05, 3.63) is 51.0 Å². The van der Waals surface area contributed by atoms with E-state index in [2.05, 4.69) is 21.0 Å². The molecule has 1 aromatic carbocycles. The summed E-state index contributed by atoms with van der Waals surface area (Å²) in [5, 5.41) is 4.83. The van der Waals surface area contributed by atoms with Crippen LogP contribution in [0.1, 0.15) is 11.3 Å². The number of nitrogens with zero attached hydrogens (tertiary/aromatic N) is 2. The van der Waals surface area contributed by atoms with Gasteiger partial charge in [-0.3, -0.25) is 4.68 Å². The summed E-state index contributed by atoms with van der Waals surface area (Å²) in [5.74, 6) is -0.264. The third kappa shape index (κ3) is 2.62. The number of hydrogen-bond donors (Lipinski definition) is 0. The number of rotatable bonds is 2. The summed E-state index contributed by atoms with van der Waals surface area (Å²) in [6.07, 6.45) is 1.73. The Bertz CT molecular complexity index is 485. The zero-order valence-corrected chi connectivity index (χ0v) is 10.9. The lowest BCUT2D eigenvalue weighted by atomic mass is 10.2. The summed E-state index contributed by atoms with van der Waals surface area (Å²) in [4.78, 5) is 0. The van der Waals surface area contributed by atoms with Gasteiger partial charge in [-0.05, 0) is 30.7 Å². The van der Waals surface area contributed by atoms with Crippen molar-refractivity contribution in [3.8, 4) is 0 Å². The highest BCUT2D eigenvalue weighted by Gasteiger charge is 2.04. The Morgan fingerprint density at radius 1 is 1.44 bits per heavy atom. The van der Waals surface area contributed by atoms with E-state index in [9.17, 15) is 4.39 Å². The number of aryl methyl sites for hydroxylation is 1. The maximum absolute atomic E-state index is 13.1. The highest BCUT2D eigenvalue weighted by molar-refractivity contribution is 9.10. The summed E-state index contributed by atoms with van der Waals surface area (Å²) < 4.78 is 15.5. The summed E-state index contributed by atoms with van der Waals surface area (Å²) in [7, 11) is 0. The molecule has 0 amide bonds. The van der Waals surface area contributed by atoms with Crippen molar-refractivity contribution in [3.63, 3.8) is 0 Å². The van der Waals surface area contributed by atoms with Crippen molar-refractivity contribution in [2.75, 3.05) is 0 Å². The molecule has 0 fully saturated rings. The predicted octanol–water partition coefficient (Wildman–Crippen LogP) is 3.79. The Morgan fingerprint density at radius 2 is 2.19 bits per heavy atom. The summed E-state index contributed by atoms with van der Waals surface area (Å²) in [6, 6.07) is 4.76. The van der Waals surface area contributed by atoms with E-state index < -0.39 is 0 Å². The molecule has 1 aromatic heterocycles. The fourth-order valence-electron chi connectivity index (χ4n) is 1.46. The molecule has 84 valence electrons. The van der Waals surface area contributed by atoms with Crippen LogP contribution in [0, 0.1) is 12.7 Å².